The zero-order chi connectivity index (χ0) is 12.8. The molecule has 92 valence electrons. The van der Waals surface area contributed by atoms with E-state index in [1.165, 1.54) is 11.8 Å². The van der Waals surface area contributed by atoms with Crippen molar-refractivity contribution in [1.29, 1.82) is 0 Å². The van der Waals surface area contributed by atoms with Gasteiger partial charge in [-0.05, 0) is 11.2 Å². The molecule has 0 bridgehead atoms. The Balaban J connectivity index is 2.09. The lowest BCUT2D eigenvalue weighted by Gasteiger charge is -1.98. The smallest absolute Gasteiger partial charge is 0.277 e. The number of carbonyl (C=O) groups is 1. The molecule has 2 rings (SSSR count). The van der Waals surface area contributed by atoms with Crippen LogP contribution in [0.25, 0.3) is 11.4 Å². The van der Waals surface area contributed by atoms with Gasteiger partial charge >= 0.3 is 5.91 Å². The average Bonchev–Trinajstić information content (AvgIpc) is 2.41. The van der Waals surface area contributed by atoms with E-state index in [4.69, 9.17) is 0 Å². The molecule has 0 fully saturated rings. The van der Waals surface area contributed by atoms with Crippen LogP contribution in [0.4, 0.5) is 0 Å². The fourth-order valence-electron chi connectivity index (χ4n) is 1.35. The van der Waals surface area contributed by atoms with E-state index in [-0.39, 0.29) is 12.5 Å². The third-order valence-corrected chi connectivity index (χ3v) is 2.12. The molecule has 0 aliphatic carbocycles. The Morgan fingerprint density at radius 3 is 2.83 bits per heavy atom. The van der Waals surface area contributed by atoms with Crippen molar-refractivity contribution in [2.45, 2.75) is 6.54 Å². The lowest BCUT2D eigenvalue weighted by atomic mass is 10.3. The van der Waals surface area contributed by atoms with E-state index in [9.17, 15) is 4.79 Å². The Bertz CT molecular complexity index is 515. The summed E-state index contributed by atoms with van der Waals surface area (Å²) in [5.41, 5.74) is 3.01. The fourth-order valence-corrected chi connectivity index (χ4v) is 1.35. The van der Waals surface area contributed by atoms with Crippen LogP contribution in [0.1, 0.15) is 0 Å². The minimum Gasteiger partial charge on any atom is -0.277 e. The van der Waals surface area contributed by atoms with Crippen LogP contribution >= 0.6 is 0 Å². The summed E-state index contributed by atoms with van der Waals surface area (Å²) < 4.78 is 1.49. The molecule has 0 atom stereocenters. The standard InChI is InChI=1S/C11H11N5O2/c1-18-15-10(17)8-16-6-3-9(7-14-16)11-12-4-2-5-13-11/h2-7H,8H2,1H3/p+1. The first-order valence-electron chi connectivity index (χ1n) is 5.24. The molecule has 0 spiro atoms. The van der Waals surface area contributed by atoms with Gasteiger partial charge in [0.05, 0.1) is 7.11 Å². The molecule has 18 heavy (non-hydrogen) atoms. The Hall–Kier alpha value is -2.41. The molecule has 0 aliphatic rings. The Kier molecular flexibility index (Phi) is 3.87. The van der Waals surface area contributed by atoms with Crippen molar-refractivity contribution in [1.82, 2.24) is 20.5 Å². The molecule has 0 saturated heterocycles. The monoisotopic (exact) mass is 246 g/mol. The maximum atomic E-state index is 11.2. The van der Waals surface area contributed by atoms with Crippen LogP contribution in [0.15, 0.2) is 36.9 Å². The molecular formula is C11H12N5O2+. The number of amides is 1. The van der Waals surface area contributed by atoms with Gasteiger partial charge in [-0.1, -0.05) is 4.68 Å². The van der Waals surface area contributed by atoms with Crippen molar-refractivity contribution in [3.8, 4) is 11.4 Å². The number of hydrogen-bond donors (Lipinski definition) is 1. The van der Waals surface area contributed by atoms with Gasteiger partial charge in [-0.15, -0.1) is 0 Å². The van der Waals surface area contributed by atoms with Crippen LogP contribution in [0.3, 0.4) is 0 Å². The Morgan fingerprint density at radius 1 is 1.44 bits per heavy atom. The molecule has 7 nitrogen and oxygen atoms in total. The largest absolute Gasteiger partial charge is 0.311 e. The SMILES string of the molecule is CONC(=O)C[n+]1ccc(-c2ncccn2)cn1. The molecule has 0 saturated carbocycles. The first-order valence-corrected chi connectivity index (χ1v) is 5.24. The van der Waals surface area contributed by atoms with E-state index >= 15 is 0 Å². The second-order valence-electron chi connectivity index (χ2n) is 3.41. The highest BCUT2D eigenvalue weighted by molar-refractivity contribution is 5.73. The number of carbonyl (C=O) groups excluding carboxylic acids is 1. The number of nitrogens with one attached hydrogen (secondary N) is 1. The van der Waals surface area contributed by atoms with Crippen molar-refractivity contribution in [2.75, 3.05) is 7.11 Å². The molecule has 2 aromatic heterocycles. The fraction of sp³-hybridized carbons (Fsp3) is 0.182. The lowest BCUT2D eigenvalue weighted by Crippen LogP contribution is -2.45. The molecule has 2 heterocycles. The van der Waals surface area contributed by atoms with Gasteiger partial charge in [0.25, 0.3) is 6.54 Å². The molecule has 0 radical (unpaired) electrons. The molecule has 0 unspecified atom stereocenters. The molecule has 2 aromatic rings. The Labute approximate surface area is 103 Å². The van der Waals surface area contributed by atoms with E-state index in [0.29, 0.717) is 5.82 Å². The molecule has 0 aromatic carbocycles. The summed E-state index contributed by atoms with van der Waals surface area (Å²) in [5.74, 6) is 0.317. The van der Waals surface area contributed by atoms with Gasteiger partial charge in [0.1, 0.15) is 6.20 Å². The van der Waals surface area contributed by atoms with Crippen LogP contribution in [0.2, 0.25) is 0 Å². The maximum Gasteiger partial charge on any atom is 0.311 e. The molecule has 1 amide bonds. The van der Waals surface area contributed by atoms with Gasteiger partial charge < -0.3 is 0 Å². The zero-order valence-electron chi connectivity index (χ0n) is 9.78. The zero-order valence-corrected chi connectivity index (χ0v) is 9.78. The third kappa shape index (κ3) is 3.05. The minimum absolute atomic E-state index is 0.0871. The van der Waals surface area contributed by atoms with E-state index in [1.54, 1.807) is 36.9 Å². The average molecular weight is 246 g/mol. The number of hydrogen-bond acceptors (Lipinski definition) is 5. The van der Waals surface area contributed by atoms with Crippen LogP contribution in [0.5, 0.6) is 0 Å². The summed E-state index contributed by atoms with van der Waals surface area (Å²) in [6.07, 6.45) is 6.61. The van der Waals surface area contributed by atoms with E-state index in [2.05, 4.69) is 25.4 Å². The van der Waals surface area contributed by atoms with Gasteiger partial charge in [0.2, 0.25) is 0 Å². The van der Waals surface area contributed by atoms with Gasteiger partial charge in [-0.3, -0.25) is 9.63 Å². The summed E-state index contributed by atoms with van der Waals surface area (Å²) in [7, 11) is 1.38. The van der Waals surface area contributed by atoms with Gasteiger partial charge in [-0.2, -0.15) is 0 Å². The van der Waals surface area contributed by atoms with Gasteiger partial charge in [-0.25, -0.2) is 15.4 Å². The second kappa shape index (κ2) is 5.78. The summed E-state index contributed by atoms with van der Waals surface area (Å²) in [5, 5.41) is 4.10. The topological polar surface area (TPSA) is 80.9 Å². The van der Waals surface area contributed by atoms with Crippen molar-refractivity contribution >= 4 is 5.91 Å². The Morgan fingerprint density at radius 2 is 2.22 bits per heavy atom. The first kappa shape index (κ1) is 12.1. The van der Waals surface area contributed by atoms with Crippen molar-refractivity contribution < 1.29 is 14.3 Å². The first-order chi connectivity index (χ1) is 8.79. The number of aromatic nitrogens is 4. The summed E-state index contributed by atoms with van der Waals surface area (Å²) in [6, 6.07) is 3.54. The van der Waals surface area contributed by atoms with Crippen LogP contribution in [-0.4, -0.2) is 28.1 Å². The van der Waals surface area contributed by atoms with Crippen LogP contribution < -0.4 is 10.2 Å². The summed E-state index contributed by atoms with van der Waals surface area (Å²) >= 11 is 0. The van der Waals surface area contributed by atoms with Crippen molar-refractivity contribution in [3.63, 3.8) is 0 Å². The number of hydroxylamine groups is 1. The van der Waals surface area contributed by atoms with Crippen molar-refractivity contribution in [3.05, 3.63) is 36.9 Å². The quantitative estimate of drug-likeness (QED) is 0.581. The highest BCUT2D eigenvalue weighted by atomic mass is 16.6. The van der Waals surface area contributed by atoms with Gasteiger partial charge in [0, 0.05) is 24.0 Å². The molecule has 0 aliphatic heterocycles. The molecule has 7 heteroatoms. The minimum atomic E-state index is -0.279. The second-order valence-corrected chi connectivity index (χ2v) is 3.41. The lowest BCUT2D eigenvalue weighted by molar-refractivity contribution is -0.742. The van der Waals surface area contributed by atoms with E-state index < -0.39 is 0 Å². The number of rotatable bonds is 4. The highest BCUT2D eigenvalue weighted by Crippen LogP contribution is 2.08. The summed E-state index contributed by atoms with van der Waals surface area (Å²) in [4.78, 5) is 24.0. The molecular weight excluding hydrogens is 234 g/mol. The van der Waals surface area contributed by atoms with E-state index in [1.807, 2.05) is 0 Å². The van der Waals surface area contributed by atoms with Crippen LogP contribution in [0, 0.1) is 0 Å². The van der Waals surface area contributed by atoms with Gasteiger partial charge in [0.15, 0.2) is 12.0 Å². The van der Waals surface area contributed by atoms with E-state index in [0.717, 1.165) is 5.56 Å². The number of nitrogens with zero attached hydrogens (tertiary/aromatic N) is 4. The summed E-state index contributed by atoms with van der Waals surface area (Å²) in [6.45, 7) is 0.0871. The maximum absolute atomic E-state index is 11.2. The predicted molar refractivity (Wildman–Crippen MR) is 60.6 cm³/mol. The molecule has 1 N–H and O–H groups in total. The van der Waals surface area contributed by atoms with Crippen molar-refractivity contribution in [2.24, 2.45) is 0 Å². The highest BCUT2D eigenvalue weighted by Gasteiger charge is 2.11. The predicted octanol–water partition coefficient (Wildman–Crippen LogP) is -0.496. The van der Waals surface area contributed by atoms with Crippen LogP contribution in [-0.2, 0) is 16.2 Å². The normalized spacial score (nSPS) is 10.1. The third-order valence-electron chi connectivity index (χ3n) is 2.12.